The predicted molar refractivity (Wildman–Crippen MR) is 86.7 cm³/mol. The summed E-state index contributed by atoms with van der Waals surface area (Å²) in [6.45, 7) is 4.01. The van der Waals surface area contributed by atoms with Crippen molar-refractivity contribution in [2.75, 3.05) is 0 Å². The minimum absolute atomic E-state index is 0.00515. The van der Waals surface area contributed by atoms with Gasteiger partial charge in [0.25, 0.3) is 0 Å². The zero-order valence-electron chi connectivity index (χ0n) is 13.7. The molecule has 5 rings (SSSR count). The number of aryl methyl sites for hydroxylation is 1. The van der Waals surface area contributed by atoms with Gasteiger partial charge in [-0.3, -0.25) is 4.79 Å². The van der Waals surface area contributed by atoms with Crippen LogP contribution in [0, 0.1) is 30.1 Å². The number of thioether (sulfide) groups is 1. The molecule has 1 atom stereocenters. The first-order valence-corrected chi connectivity index (χ1v) is 9.42. The molecule has 5 heteroatoms. The van der Waals surface area contributed by atoms with Gasteiger partial charge < -0.3 is 4.57 Å². The maximum absolute atomic E-state index is 13.2. The van der Waals surface area contributed by atoms with Crippen LogP contribution in [0.1, 0.15) is 51.3 Å². The number of nitrogens with zero attached hydrogens (tertiary/aromatic N) is 3. The van der Waals surface area contributed by atoms with Crippen LogP contribution in [0.2, 0.25) is 0 Å². The maximum Gasteiger partial charge on any atom is 0.191 e. The van der Waals surface area contributed by atoms with Crippen LogP contribution in [0.15, 0.2) is 5.16 Å². The third-order valence-electron chi connectivity index (χ3n) is 6.26. The van der Waals surface area contributed by atoms with Gasteiger partial charge in [0.2, 0.25) is 0 Å². The van der Waals surface area contributed by atoms with E-state index < -0.39 is 0 Å². The van der Waals surface area contributed by atoms with Gasteiger partial charge in [0, 0.05) is 12.5 Å². The van der Waals surface area contributed by atoms with E-state index in [-0.39, 0.29) is 10.7 Å². The number of rotatable bonds is 4. The zero-order chi connectivity index (χ0) is 15.5. The van der Waals surface area contributed by atoms with Crippen LogP contribution in [0.4, 0.5) is 0 Å². The summed E-state index contributed by atoms with van der Waals surface area (Å²) >= 11 is 1.59. The van der Waals surface area contributed by atoms with Crippen LogP contribution >= 0.6 is 11.8 Å². The molecule has 4 bridgehead atoms. The average Bonchev–Trinajstić information content (AvgIpc) is 2.77. The summed E-state index contributed by atoms with van der Waals surface area (Å²) in [5.41, 5.74) is -0.00515. The standard InChI is InChI=1S/C17H25N3OS/c1-10(22-16-19-18-11(2)20(16)3)15(21)17-7-12-4-13(8-17)6-14(5-12)9-17/h10,12-14H,4-9H2,1-3H3/t10-,12?,13?,14?,17?/m0/s1. The highest BCUT2D eigenvalue weighted by molar-refractivity contribution is 8.00. The quantitative estimate of drug-likeness (QED) is 0.798. The van der Waals surface area contributed by atoms with Crippen LogP contribution in [0.3, 0.4) is 0 Å². The third kappa shape index (κ3) is 2.24. The summed E-state index contributed by atoms with van der Waals surface area (Å²) in [7, 11) is 1.97. The minimum Gasteiger partial charge on any atom is -0.309 e. The highest BCUT2D eigenvalue weighted by Gasteiger charge is 2.55. The summed E-state index contributed by atoms with van der Waals surface area (Å²) in [4.78, 5) is 13.2. The van der Waals surface area contributed by atoms with E-state index in [0.717, 1.165) is 48.0 Å². The Morgan fingerprint density at radius 3 is 2.18 bits per heavy atom. The number of aromatic nitrogens is 3. The number of carbonyl (C=O) groups is 1. The van der Waals surface area contributed by atoms with Crippen molar-refractivity contribution in [1.29, 1.82) is 0 Å². The van der Waals surface area contributed by atoms with E-state index in [2.05, 4.69) is 17.1 Å². The number of ketones is 1. The van der Waals surface area contributed by atoms with Gasteiger partial charge >= 0.3 is 0 Å². The predicted octanol–water partition coefficient (Wildman–Crippen LogP) is 3.39. The lowest BCUT2D eigenvalue weighted by Crippen LogP contribution is -2.51. The highest BCUT2D eigenvalue weighted by Crippen LogP contribution is 2.61. The Morgan fingerprint density at radius 1 is 1.18 bits per heavy atom. The number of hydrogen-bond donors (Lipinski definition) is 0. The Hall–Kier alpha value is -0.840. The van der Waals surface area contributed by atoms with Crippen molar-refractivity contribution in [3.63, 3.8) is 0 Å². The summed E-state index contributed by atoms with van der Waals surface area (Å²) in [6, 6.07) is 0. The largest absolute Gasteiger partial charge is 0.309 e. The molecule has 0 unspecified atom stereocenters. The molecule has 4 fully saturated rings. The van der Waals surface area contributed by atoms with E-state index in [1.807, 2.05) is 18.5 Å². The van der Waals surface area contributed by atoms with Gasteiger partial charge in [0.1, 0.15) is 5.82 Å². The molecule has 0 aromatic carbocycles. The van der Waals surface area contributed by atoms with Crippen LogP contribution in [-0.4, -0.2) is 25.8 Å². The monoisotopic (exact) mass is 319 g/mol. The molecular weight excluding hydrogens is 294 g/mol. The van der Waals surface area contributed by atoms with Crippen molar-refractivity contribution in [1.82, 2.24) is 14.8 Å². The van der Waals surface area contributed by atoms with E-state index in [0.29, 0.717) is 5.78 Å². The van der Waals surface area contributed by atoms with Crippen molar-refractivity contribution in [2.45, 2.75) is 62.8 Å². The first-order valence-electron chi connectivity index (χ1n) is 8.54. The molecule has 0 aliphatic heterocycles. The molecule has 0 radical (unpaired) electrons. The van der Waals surface area contributed by atoms with E-state index in [1.54, 1.807) is 11.8 Å². The lowest BCUT2D eigenvalue weighted by Gasteiger charge is -2.56. The second kappa shape index (κ2) is 5.08. The summed E-state index contributed by atoms with van der Waals surface area (Å²) in [6.07, 6.45) is 7.62. The van der Waals surface area contributed by atoms with Gasteiger partial charge in [-0.15, -0.1) is 10.2 Å². The van der Waals surface area contributed by atoms with Crippen molar-refractivity contribution in [3.8, 4) is 0 Å². The van der Waals surface area contributed by atoms with Gasteiger partial charge in [-0.25, -0.2) is 0 Å². The SMILES string of the molecule is Cc1nnc(S[C@@H](C)C(=O)C23CC4CC(CC(C4)C2)C3)n1C. The molecule has 1 aromatic heterocycles. The Kier molecular flexibility index (Phi) is 3.40. The number of hydrogen-bond acceptors (Lipinski definition) is 4. The first-order chi connectivity index (χ1) is 10.5. The molecule has 120 valence electrons. The number of Topliss-reactive ketones (excluding diaryl/α,β-unsaturated/α-hetero) is 1. The fraction of sp³-hybridized carbons (Fsp3) is 0.824. The van der Waals surface area contributed by atoms with Crippen LogP contribution in [0.5, 0.6) is 0 Å². The van der Waals surface area contributed by atoms with Gasteiger partial charge in [0.15, 0.2) is 10.9 Å². The van der Waals surface area contributed by atoms with Gasteiger partial charge in [-0.05, 0) is 70.1 Å². The Labute approximate surface area is 136 Å². The normalized spacial score (nSPS) is 37.5. The zero-order valence-corrected chi connectivity index (χ0v) is 14.5. The molecule has 4 aliphatic rings. The second-order valence-corrected chi connectivity index (χ2v) is 9.22. The van der Waals surface area contributed by atoms with Crippen LogP contribution in [-0.2, 0) is 11.8 Å². The van der Waals surface area contributed by atoms with E-state index in [1.165, 1.54) is 19.3 Å². The fourth-order valence-corrected chi connectivity index (χ4v) is 6.60. The lowest BCUT2D eigenvalue weighted by atomic mass is 9.48. The Morgan fingerprint density at radius 2 is 1.73 bits per heavy atom. The van der Waals surface area contributed by atoms with E-state index >= 15 is 0 Å². The van der Waals surface area contributed by atoms with Gasteiger partial charge in [-0.2, -0.15) is 0 Å². The maximum atomic E-state index is 13.2. The van der Waals surface area contributed by atoms with E-state index in [9.17, 15) is 4.79 Å². The number of carbonyl (C=O) groups excluding carboxylic acids is 1. The second-order valence-electron chi connectivity index (χ2n) is 7.91. The lowest BCUT2D eigenvalue weighted by molar-refractivity contribution is -0.142. The molecule has 1 aromatic rings. The molecule has 1 heterocycles. The molecule has 0 saturated heterocycles. The molecular formula is C17H25N3OS. The van der Waals surface area contributed by atoms with Crippen molar-refractivity contribution < 1.29 is 4.79 Å². The van der Waals surface area contributed by atoms with Crippen molar-refractivity contribution in [3.05, 3.63) is 5.82 Å². The Bertz CT molecular complexity index is 574. The molecule has 4 saturated carbocycles. The average molecular weight is 319 g/mol. The minimum atomic E-state index is -0.0152. The summed E-state index contributed by atoms with van der Waals surface area (Å²) < 4.78 is 1.98. The summed E-state index contributed by atoms with van der Waals surface area (Å²) in [5, 5.41) is 9.16. The van der Waals surface area contributed by atoms with Crippen molar-refractivity contribution in [2.24, 2.45) is 30.2 Å². The van der Waals surface area contributed by atoms with Crippen LogP contribution < -0.4 is 0 Å². The molecule has 0 N–H and O–H groups in total. The Balaban J connectivity index is 1.52. The molecule has 4 aliphatic carbocycles. The molecule has 22 heavy (non-hydrogen) atoms. The topological polar surface area (TPSA) is 47.8 Å². The summed E-state index contributed by atoms with van der Waals surface area (Å²) in [5.74, 6) is 3.85. The fourth-order valence-electron chi connectivity index (χ4n) is 5.55. The molecule has 0 amide bonds. The first kappa shape index (κ1) is 14.7. The van der Waals surface area contributed by atoms with Crippen LogP contribution in [0.25, 0.3) is 0 Å². The van der Waals surface area contributed by atoms with Gasteiger partial charge in [0.05, 0.1) is 5.25 Å². The van der Waals surface area contributed by atoms with Gasteiger partial charge in [-0.1, -0.05) is 11.8 Å². The highest BCUT2D eigenvalue weighted by atomic mass is 32.2. The third-order valence-corrected chi connectivity index (χ3v) is 7.40. The van der Waals surface area contributed by atoms with E-state index in [4.69, 9.17) is 0 Å². The van der Waals surface area contributed by atoms with Crippen molar-refractivity contribution >= 4 is 17.5 Å². The molecule has 4 nitrogen and oxygen atoms in total. The smallest absolute Gasteiger partial charge is 0.191 e. The molecule has 0 spiro atoms.